The molecule has 12 heavy (non-hydrogen) atoms. The van der Waals surface area contributed by atoms with E-state index >= 15 is 0 Å². The third-order valence-corrected chi connectivity index (χ3v) is 2.83. The first-order valence-corrected chi connectivity index (χ1v) is 4.39. The second kappa shape index (κ2) is 2.51. The molecule has 1 heterocycles. The van der Waals surface area contributed by atoms with Crippen LogP contribution in [0.3, 0.4) is 0 Å². The summed E-state index contributed by atoms with van der Waals surface area (Å²) in [6.07, 6.45) is 3.80. The minimum Gasteiger partial charge on any atom is -0.357 e. The molecular weight excluding hydrogens is 152 g/mol. The zero-order chi connectivity index (χ0) is 8.60. The van der Waals surface area contributed by atoms with Crippen molar-refractivity contribution in [3.63, 3.8) is 0 Å². The van der Waals surface area contributed by atoms with Crippen LogP contribution in [-0.2, 0) is 5.41 Å². The molecule has 1 aliphatic rings. The Labute approximate surface area is 72.1 Å². The monoisotopic (exact) mass is 166 g/mol. The molecule has 3 nitrogen and oxygen atoms in total. The van der Waals surface area contributed by atoms with Crippen molar-refractivity contribution in [3.05, 3.63) is 11.8 Å². The second-order valence-electron chi connectivity index (χ2n) is 3.74. The summed E-state index contributed by atoms with van der Waals surface area (Å²) >= 11 is 0. The molecule has 3 heteroatoms. The number of hydrogen-bond acceptors (Lipinski definition) is 3. The van der Waals surface area contributed by atoms with E-state index < -0.39 is 0 Å². The number of aromatic nitrogens is 1. The van der Waals surface area contributed by atoms with Crippen LogP contribution >= 0.6 is 0 Å². The van der Waals surface area contributed by atoms with E-state index in [1.165, 1.54) is 19.3 Å². The SMILES string of the molecule is CNc1cc(C2(C)CCC2)no1. The van der Waals surface area contributed by atoms with Gasteiger partial charge in [0.1, 0.15) is 0 Å². The molecule has 0 aromatic carbocycles. The van der Waals surface area contributed by atoms with E-state index in [-0.39, 0.29) is 0 Å². The fraction of sp³-hybridized carbons (Fsp3) is 0.667. The van der Waals surface area contributed by atoms with Gasteiger partial charge in [0.25, 0.3) is 0 Å². The molecule has 0 unspecified atom stereocenters. The van der Waals surface area contributed by atoms with E-state index in [4.69, 9.17) is 4.52 Å². The van der Waals surface area contributed by atoms with Gasteiger partial charge in [0.15, 0.2) is 0 Å². The highest BCUT2D eigenvalue weighted by atomic mass is 16.5. The fourth-order valence-electron chi connectivity index (χ4n) is 1.64. The summed E-state index contributed by atoms with van der Waals surface area (Å²) in [6, 6.07) is 2.00. The summed E-state index contributed by atoms with van der Waals surface area (Å²) in [4.78, 5) is 0. The largest absolute Gasteiger partial charge is 0.357 e. The van der Waals surface area contributed by atoms with Crippen LogP contribution in [-0.4, -0.2) is 12.2 Å². The first-order chi connectivity index (χ1) is 5.74. The Bertz CT molecular complexity index is 276. The third-order valence-electron chi connectivity index (χ3n) is 2.83. The highest BCUT2D eigenvalue weighted by Gasteiger charge is 2.36. The number of hydrogen-bond donors (Lipinski definition) is 1. The first-order valence-electron chi connectivity index (χ1n) is 4.39. The number of rotatable bonds is 2. The van der Waals surface area contributed by atoms with Crippen LogP contribution in [0.25, 0.3) is 0 Å². The molecule has 1 N–H and O–H groups in total. The number of nitrogens with one attached hydrogen (secondary N) is 1. The van der Waals surface area contributed by atoms with Gasteiger partial charge in [-0.3, -0.25) is 0 Å². The molecule has 1 aliphatic carbocycles. The lowest BCUT2D eigenvalue weighted by Gasteiger charge is -2.35. The summed E-state index contributed by atoms with van der Waals surface area (Å²) in [5.74, 6) is 0.762. The third kappa shape index (κ3) is 1.00. The molecular formula is C9H14N2O. The number of nitrogens with zero attached hydrogens (tertiary/aromatic N) is 1. The zero-order valence-corrected chi connectivity index (χ0v) is 7.55. The highest BCUT2D eigenvalue weighted by molar-refractivity contribution is 5.34. The highest BCUT2D eigenvalue weighted by Crippen LogP contribution is 2.42. The van der Waals surface area contributed by atoms with E-state index in [2.05, 4.69) is 17.4 Å². The smallest absolute Gasteiger partial charge is 0.224 e. The van der Waals surface area contributed by atoms with Crippen LogP contribution in [0.4, 0.5) is 5.88 Å². The van der Waals surface area contributed by atoms with Gasteiger partial charge in [-0.1, -0.05) is 18.5 Å². The molecule has 1 aromatic heterocycles. The Balaban J connectivity index is 2.22. The summed E-state index contributed by atoms with van der Waals surface area (Å²) in [7, 11) is 1.84. The lowest BCUT2D eigenvalue weighted by atomic mass is 9.68. The van der Waals surface area contributed by atoms with E-state index in [1.807, 2.05) is 13.1 Å². The maximum atomic E-state index is 5.07. The molecule has 1 aromatic rings. The van der Waals surface area contributed by atoms with E-state index in [1.54, 1.807) is 0 Å². The Hall–Kier alpha value is -0.990. The molecule has 0 spiro atoms. The summed E-state index contributed by atoms with van der Waals surface area (Å²) in [6.45, 7) is 2.24. The van der Waals surface area contributed by atoms with Crippen molar-refractivity contribution in [3.8, 4) is 0 Å². The molecule has 0 atom stereocenters. The van der Waals surface area contributed by atoms with E-state index in [9.17, 15) is 0 Å². The van der Waals surface area contributed by atoms with Crippen molar-refractivity contribution in [1.82, 2.24) is 5.16 Å². The molecule has 0 amide bonds. The Morgan fingerprint density at radius 1 is 1.58 bits per heavy atom. The van der Waals surface area contributed by atoms with Gasteiger partial charge < -0.3 is 9.84 Å². The van der Waals surface area contributed by atoms with Gasteiger partial charge in [-0.05, 0) is 12.8 Å². The molecule has 0 aliphatic heterocycles. The van der Waals surface area contributed by atoms with Crippen molar-refractivity contribution < 1.29 is 4.52 Å². The molecule has 0 saturated heterocycles. The standard InChI is InChI=1S/C9H14N2O/c1-9(4-3-5-9)7-6-8(10-2)12-11-7/h6,10H,3-5H2,1-2H3. The van der Waals surface area contributed by atoms with Gasteiger partial charge in [-0.2, -0.15) is 0 Å². The maximum Gasteiger partial charge on any atom is 0.224 e. The van der Waals surface area contributed by atoms with Gasteiger partial charge >= 0.3 is 0 Å². The normalized spacial score (nSPS) is 20.2. The van der Waals surface area contributed by atoms with E-state index in [0.717, 1.165) is 11.6 Å². The summed E-state index contributed by atoms with van der Waals surface area (Å²) in [5.41, 5.74) is 1.39. The molecule has 0 radical (unpaired) electrons. The van der Waals surface area contributed by atoms with Crippen molar-refractivity contribution >= 4 is 5.88 Å². The van der Waals surface area contributed by atoms with Gasteiger partial charge in [0.05, 0.1) is 5.69 Å². The van der Waals surface area contributed by atoms with Gasteiger partial charge in [0.2, 0.25) is 5.88 Å². The lowest BCUT2D eigenvalue weighted by Crippen LogP contribution is -2.30. The Morgan fingerprint density at radius 2 is 2.33 bits per heavy atom. The lowest BCUT2D eigenvalue weighted by molar-refractivity contribution is 0.251. The predicted octanol–water partition coefficient (Wildman–Crippen LogP) is 2.16. The molecule has 1 fully saturated rings. The predicted molar refractivity (Wildman–Crippen MR) is 47.3 cm³/mol. The van der Waals surface area contributed by atoms with Gasteiger partial charge in [-0.25, -0.2) is 0 Å². The zero-order valence-electron chi connectivity index (χ0n) is 7.55. The average molecular weight is 166 g/mol. The molecule has 1 saturated carbocycles. The van der Waals surface area contributed by atoms with Crippen molar-refractivity contribution in [2.75, 3.05) is 12.4 Å². The van der Waals surface area contributed by atoms with Crippen LogP contribution in [0.2, 0.25) is 0 Å². The maximum absolute atomic E-state index is 5.07. The van der Waals surface area contributed by atoms with Crippen molar-refractivity contribution in [1.29, 1.82) is 0 Å². The van der Waals surface area contributed by atoms with Crippen LogP contribution in [0.15, 0.2) is 10.6 Å². The van der Waals surface area contributed by atoms with Crippen LogP contribution in [0, 0.1) is 0 Å². The average Bonchev–Trinajstić information content (AvgIpc) is 2.48. The van der Waals surface area contributed by atoms with Crippen molar-refractivity contribution in [2.45, 2.75) is 31.6 Å². The molecule has 2 rings (SSSR count). The summed E-state index contributed by atoms with van der Waals surface area (Å²) in [5, 5.41) is 6.98. The van der Waals surface area contributed by atoms with Gasteiger partial charge in [0, 0.05) is 18.5 Å². The van der Waals surface area contributed by atoms with Crippen LogP contribution < -0.4 is 5.32 Å². The fourth-order valence-corrected chi connectivity index (χ4v) is 1.64. The Morgan fingerprint density at radius 3 is 2.75 bits per heavy atom. The van der Waals surface area contributed by atoms with Crippen LogP contribution in [0.1, 0.15) is 31.9 Å². The minimum atomic E-state index is 0.290. The quantitative estimate of drug-likeness (QED) is 0.731. The first kappa shape index (κ1) is 7.65. The molecule has 0 bridgehead atoms. The van der Waals surface area contributed by atoms with Gasteiger partial charge in [-0.15, -0.1) is 0 Å². The molecule has 66 valence electrons. The summed E-state index contributed by atoms with van der Waals surface area (Å²) < 4.78 is 5.07. The van der Waals surface area contributed by atoms with Crippen molar-refractivity contribution in [2.24, 2.45) is 0 Å². The number of anilines is 1. The Kier molecular flexibility index (Phi) is 1.60. The minimum absolute atomic E-state index is 0.290. The second-order valence-corrected chi connectivity index (χ2v) is 3.74. The van der Waals surface area contributed by atoms with Crippen LogP contribution in [0.5, 0.6) is 0 Å². The topological polar surface area (TPSA) is 38.1 Å². The van der Waals surface area contributed by atoms with E-state index in [0.29, 0.717) is 5.41 Å².